The van der Waals surface area contributed by atoms with E-state index in [4.69, 9.17) is 0 Å². The lowest BCUT2D eigenvalue weighted by Gasteiger charge is -2.16. The van der Waals surface area contributed by atoms with Crippen molar-refractivity contribution in [3.63, 3.8) is 0 Å². The Bertz CT molecular complexity index is 607. The third-order valence-electron chi connectivity index (χ3n) is 3.34. The van der Waals surface area contributed by atoms with Crippen LogP contribution in [0.1, 0.15) is 43.7 Å². The van der Waals surface area contributed by atoms with E-state index in [9.17, 15) is 4.79 Å². The Morgan fingerprint density at radius 2 is 1.94 bits per heavy atom. The highest BCUT2D eigenvalue weighted by atomic mass is 32.1. The Balaban J connectivity index is 2.05. The molecule has 1 aromatic heterocycles. The van der Waals surface area contributed by atoms with Crippen LogP contribution in [0.15, 0.2) is 24.3 Å². The number of fused-ring (bicyclic) bond motifs is 2. The highest BCUT2D eigenvalue weighted by Gasteiger charge is 2.19. The fourth-order valence-electron chi connectivity index (χ4n) is 2.41. The van der Waals surface area contributed by atoms with Crippen LogP contribution in [0.25, 0.3) is 0 Å². The number of ketones is 1. The van der Waals surface area contributed by atoms with Crippen LogP contribution in [0.2, 0.25) is 0 Å². The molecule has 0 saturated heterocycles. The van der Waals surface area contributed by atoms with E-state index in [1.54, 1.807) is 18.3 Å². The van der Waals surface area contributed by atoms with Crippen LogP contribution >= 0.6 is 11.3 Å². The molecule has 1 aromatic carbocycles. The van der Waals surface area contributed by atoms with E-state index >= 15 is 0 Å². The first-order valence-corrected chi connectivity index (χ1v) is 6.66. The van der Waals surface area contributed by atoms with Gasteiger partial charge < -0.3 is 0 Å². The topological polar surface area (TPSA) is 17.1 Å². The molecule has 0 aliphatic heterocycles. The number of thiophene rings is 1. The molecular formula is C15H14OS. The van der Waals surface area contributed by atoms with E-state index in [0.29, 0.717) is 0 Å². The molecule has 0 saturated carbocycles. The van der Waals surface area contributed by atoms with Crippen LogP contribution < -0.4 is 0 Å². The molecule has 86 valence electrons. The molecule has 17 heavy (non-hydrogen) atoms. The minimum atomic E-state index is 0.185. The van der Waals surface area contributed by atoms with Crippen molar-refractivity contribution in [3.05, 3.63) is 56.3 Å². The number of rotatable bonds is 1. The molecule has 3 rings (SSSR count). The lowest BCUT2D eigenvalue weighted by molar-refractivity contribution is 0.102. The summed E-state index contributed by atoms with van der Waals surface area (Å²) in [6.45, 7) is 3.78. The molecule has 0 unspecified atom stereocenters. The number of carbonyl (C=O) groups is 1. The largest absolute Gasteiger partial charge is 0.294 e. The number of hydrogen-bond acceptors (Lipinski definition) is 2. The number of hydrogen-bond donors (Lipinski definition) is 0. The van der Waals surface area contributed by atoms with Crippen LogP contribution in [0.3, 0.4) is 0 Å². The molecule has 0 fully saturated rings. The van der Waals surface area contributed by atoms with Crippen molar-refractivity contribution in [2.75, 3.05) is 0 Å². The molecule has 1 nitrogen and oxygen atoms in total. The summed E-state index contributed by atoms with van der Waals surface area (Å²) < 4.78 is 0. The van der Waals surface area contributed by atoms with Gasteiger partial charge in [-0.2, -0.15) is 0 Å². The van der Waals surface area contributed by atoms with Crippen LogP contribution in [0, 0.1) is 6.92 Å². The zero-order valence-electron chi connectivity index (χ0n) is 10.0. The monoisotopic (exact) mass is 242 g/mol. The molecule has 1 aliphatic rings. The van der Waals surface area contributed by atoms with Crippen molar-refractivity contribution < 1.29 is 4.79 Å². The zero-order valence-corrected chi connectivity index (χ0v) is 10.9. The lowest BCUT2D eigenvalue weighted by atomic mass is 9.90. The standard InChI is InChI=1S/C15H14OS/c1-9-3-4-11-7-15-13(6-12(11)5-9)8-14(17-15)10(2)16/h3-5,8H,6-7H2,1-2H3. The fourth-order valence-corrected chi connectivity index (χ4v) is 3.51. The maximum atomic E-state index is 11.4. The minimum Gasteiger partial charge on any atom is -0.294 e. The van der Waals surface area contributed by atoms with E-state index in [2.05, 4.69) is 31.2 Å². The molecule has 2 heteroatoms. The van der Waals surface area contributed by atoms with Crippen molar-refractivity contribution in [2.45, 2.75) is 26.7 Å². The van der Waals surface area contributed by atoms with Crippen LogP contribution in [-0.4, -0.2) is 5.78 Å². The first kappa shape index (κ1) is 10.7. The van der Waals surface area contributed by atoms with Crippen molar-refractivity contribution >= 4 is 17.1 Å². The van der Waals surface area contributed by atoms with Gasteiger partial charge in [0.05, 0.1) is 4.88 Å². The Labute approximate surface area is 105 Å². The third-order valence-corrected chi connectivity index (χ3v) is 4.62. The highest BCUT2D eigenvalue weighted by Crippen LogP contribution is 2.33. The van der Waals surface area contributed by atoms with Gasteiger partial charge in [-0.25, -0.2) is 0 Å². The highest BCUT2D eigenvalue weighted by molar-refractivity contribution is 7.14. The van der Waals surface area contributed by atoms with Gasteiger partial charge in [0.1, 0.15) is 0 Å². The Hall–Kier alpha value is -1.41. The average Bonchev–Trinajstić information content (AvgIpc) is 2.68. The van der Waals surface area contributed by atoms with E-state index in [0.717, 1.165) is 17.7 Å². The summed E-state index contributed by atoms with van der Waals surface area (Å²) in [7, 11) is 0. The summed E-state index contributed by atoms with van der Waals surface area (Å²) in [6.07, 6.45) is 1.97. The SMILES string of the molecule is CC(=O)c1cc2c(s1)Cc1ccc(C)cc1C2. The number of aryl methyl sites for hydroxylation is 1. The van der Waals surface area contributed by atoms with Crippen molar-refractivity contribution in [3.8, 4) is 0 Å². The lowest BCUT2D eigenvalue weighted by Crippen LogP contribution is -2.04. The predicted octanol–water partition coefficient (Wildman–Crippen LogP) is 3.75. The molecule has 1 heterocycles. The molecule has 1 aliphatic carbocycles. The normalized spacial score (nSPS) is 13.1. The van der Waals surface area contributed by atoms with Crippen molar-refractivity contribution in [1.82, 2.24) is 0 Å². The maximum absolute atomic E-state index is 11.4. The van der Waals surface area contributed by atoms with Gasteiger partial charge >= 0.3 is 0 Å². The molecular weight excluding hydrogens is 228 g/mol. The van der Waals surface area contributed by atoms with Crippen LogP contribution in [-0.2, 0) is 12.8 Å². The second-order valence-electron chi connectivity index (χ2n) is 4.74. The quantitative estimate of drug-likeness (QED) is 0.594. The summed E-state index contributed by atoms with van der Waals surface area (Å²) >= 11 is 1.66. The first-order valence-electron chi connectivity index (χ1n) is 5.84. The maximum Gasteiger partial charge on any atom is 0.169 e. The van der Waals surface area contributed by atoms with Crippen LogP contribution in [0.5, 0.6) is 0 Å². The third kappa shape index (κ3) is 1.83. The summed E-state index contributed by atoms with van der Waals surface area (Å²) in [5.74, 6) is 0.185. The Kier molecular flexibility index (Phi) is 2.40. The van der Waals surface area contributed by atoms with E-state index in [1.165, 1.54) is 27.1 Å². The number of carbonyl (C=O) groups excluding carboxylic acids is 1. The average molecular weight is 242 g/mol. The number of Topliss-reactive ketones (excluding diaryl/α,β-unsaturated/α-hetero) is 1. The summed E-state index contributed by atoms with van der Waals surface area (Å²) in [5.41, 5.74) is 5.50. The van der Waals surface area contributed by atoms with Gasteiger partial charge in [0, 0.05) is 11.3 Å². The second-order valence-corrected chi connectivity index (χ2v) is 5.88. The first-order chi connectivity index (χ1) is 8.13. The predicted molar refractivity (Wildman–Crippen MR) is 71.1 cm³/mol. The second kappa shape index (κ2) is 3.81. The molecule has 0 N–H and O–H groups in total. The zero-order chi connectivity index (χ0) is 12.0. The summed E-state index contributed by atoms with van der Waals surface area (Å²) in [4.78, 5) is 13.7. The van der Waals surface area contributed by atoms with Gasteiger partial charge in [0.25, 0.3) is 0 Å². The summed E-state index contributed by atoms with van der Waals surface area (Å²) in [5, 5.41) is 0. The molecule has 0 amide bonds. The number of benzene rings is 1. The van der Waals surface area contributed by atoms with E-state index < -0.39 is 0 Å². The minimum absolute atomic E-state index is 0.185. The van der Waals surface area contributed by atoms with Crippen LogP contribution in [0.4, 0.5) is 0 Å². The van der Waals surface area contributed by atoms with Crippen molar-refractivity contribution in [1.29, 1.82) is 0 Å². The molecule has 0 atom stereocenters. The molecule has 2 aromatic rings. The fraction of sp³-hybridized carbons (Fsp3) is 0.267. The van der Waals surface area contributed by atoms with Gasteiger partial charge in [-0.05, 0) is 43.0 Å². The Morgan fingerprint density at radius 1 is 1.12 bits per heavy atom. The molecule has 0 spiro atoms. The van der Waals surface area contributed by atoms with Gasteiger partial charge in [0.2, 0.25) is 0 Å². The van der Waals surface area contributed by atoms with Gasteiger partial charge in [-0.3, -0.25) is 4.79 Å². The smallest absolute Gasteiger partial charge is 0.169 e. The van der Waals surface area contributed by atoms with Gasteiger partial charge in [-0.15, -0.1) is 11.3 Å². The summed E-state index contributed by atoms with van der Waals surface area (Å²) in [6, 6.07) is 8.74. The van der Waals surface area contributed by atoms with E-state index in [-0.39, 0.29) is 5.78 Å². The van der Waals surface area contributed by atoms with E-state index in [1.807, 2.05) is 0 Å². The molecule has 0 radical (unpaired) electrons. The van der Waals surface area contributed by atoms with Gasteiger partial charge in [0.15, 0.2) is 5.78 Å². The Morgan fingerprint density at radius 3 is 2.71 bits per heavy atom. The van der Waals surface area contributed by atoms with Crippen molar-refractivity contribution in [2.24, 2.45) is 0 Å². The van der Waals surface area contributed by atoms with Gasteiger partial charge in [-0.1, -0.05) is 23.8 Å². The molecule has 0 bridgehead atoms.